The minimum atomic E-state index is -0.232. The largest absolute Gasteiger partial charge is 0.368 e. The van der Waals surface area contributed by atoms with E-state index in [9.17, 15) is 4.79 Å². The molecule has 1 heterocycles. The first kappa shape index (κ1) is 10.5. The van der Waals surface area contributed by atoms with Crippen LogP contribution >= 0.6 is 11.6 Å². The van der Waals surface area contributed by atoms with E-state index in [0.717, 1.165) is 12.8 Å². The average molecular weight is 204 g/mol. The summed E-state index contributed by atoms with van der Waals surface area (Å²) in [7, 11) is 0. The molecule has 3 nitrogen and oxygen atoms in total. The van der Waals surface area contributed by atoms with Crippen LogP contribution in [0.25, 0.3) is 0 Å². The van der Waals surface area contributed by atoms with Crippen LogP contribution < -0.4 is 5.32 Å². The lowest BCUT2D eigenvalue weighted by Crippen LogP contribution is -2.34. The third-order valence-electron chi connectivity index (χ3n) is 1.87. The first-order chi connectivity index (χ1) is 6.34. The number of nitrogens with one attached hydrogen (secondary N) is 1. The van der Waals surface area contributed by atoms with Crippen LogP contribution in [0, 0.1) is 0 Å². The van der Waals surface area contributed by atoms with Gasteiger partial charge in [0.15, 0.2) is 0 Å². The molecule has 1 atom stereocenters. The molecule has 0 aromatic carbocycles. The van der Waals surface area contributed by atoms with Crippen LogP contribution in [-0.4, -0.2) is 31.0 Å². The van der Waals surface area contributed by atoms with Crippen LogP contribution in [0.1, 0.15) is 12.8 Å². The van der Waals surface area contributed by atoms with Crippen molar-refractivity contribution in [3.63, 3.8) is 0 Å². The molecule has 13 heavy (non-hydrogen) atoms. The summed E-state index contributed by atoms with van der Waals surface area (Å²) in [6, 6.07) is 0. The highest BCUT2D eigenvalue weighted by molar-refractivity contribution is 6.18. The van der Waals surface area contributed by atoms with E-state index in [1.807, 2.05) is 6.08 Å². The van der Waals surface area contributed by atoms with Crippen LogP contribution in [0.5, 0.6) is 0 Å². The third kappa shape index (κ3) is 3.79. The molecule has 0 bridgehead atoms. The van der Waals surface area contributed by atoms with Gasteiger partial charge < -0.3 is 10.1 Å². The highest BCUT2D eigenvalue weighted by atomic mass is 35.5. The van der Waals surface area contributed by atoms with Crippen molar-refractivity contribution in [2.24, 2.45) is 0 Å². The molecule has 1 aliphatic heterocycles. The molecule has 0 aromatic rings. The quantitative estimate of drug-likeness (QED) is 0.549. The molecule has 1 amide bonds. The number of carbonyl (C=O) groups is 1. The number of ether oxygens (including phenoxy) is 1. The number of allylic oxidation sites excluding steroid dienone is 1. The van der Waals surface area contributed by atoms with Gasteiger partial charge in [-0.2, -0.15) is 0 Å². The lowest BCUT2D eigenvalue weighted by molar-refractivity contribution is -0.129. The second-order valence-corrected chi connectivity index (χ2v) is 3.18. The van der Waals surface area contributed by atoms with Crippen LogP contribution in [0.3, 0.4) is 0 Å². The minimum Gasteiger partial charge on any atom is -0.368 e. The van der Waals surface area contributed by atoms with Crippen molar-refractivity contribution < 1.29 is 9.53 Å². The number of halogens is 1. The summed E-state index contributed by atoms with van der Waals surface area (Å²) >= 11 is 5.42. The zero-order valence-corrected chi connectivity index (χ0v) is 8.22. The van der Waals surface area contributed by atoms with Gasteiger partial charge in [-0.1, -0.05) is 12.2 Å². The van der Waals surface area contributed by atoms with Gasteiger partial charge in [-0.05, 0) is 12.8 Å². The van der Waals surface area contributed by atoms with E-state index in [0.29, 0.717) is 19.0 Å². The standard InChI is InChI=1S/C9H14ClNO2/c10-5-1-2-6-11-9(12)8-4-3-7-13-8/h1-2,8H,3-7H2,(H,11,12)/b2-1+. The van der Waals surface area contributed by atoms with E-state index < -0.39 is 0 Å². The maximum atomic E-state index is 11.3. The zero-order chi connectivity index (χ0) is 9.52. The number of carbonyl (C=O) groups excluding carboxylic acids is 1. The smallest absolute Gasteiger partial charge is 0.249 e. The van der Waals surface area contributed by atoms with Gasteiger partial charge in [0.25, 0.3) is 0 Å². The fourth-order valence-electron chi connectivity index (χ4n) is 1.20. The van der Waals surface area contributed by atoms with E-state index in [1.165, 1.54) is 0 Å². The number of alkyl halides is 1. The van der Waals surface area contributed by atoms with Crippen molar-refractivity contribution in [1.82, 2.24) is 5.32 Å². The number of amides is 1. The van der Waals surface area contributed by atoms with Crippen LogP contribution in [-0.2, 0) is 9.53 Å². The van der Waals surface area contributed by atoms with Gasteiger partial charge in [0.2, 0.25) is 5.91 Å². The molecule has 0 spiro atoms. The van der Waals surface area contributed by atoms with Gasteiger partial charge in [-0.15, -0.1) is 11.6 Å². The zero-order valence-electron chi connectivity index (χ0n) is 7.46. The molecule has 0 radical (unpaired) electrons. The Morgan fingerprint density at radius 2 is 2.46 bits per heavy atom. The molecule has 1 fully saturated rings. The summed E-state index contributed by atoms with van der Waals surface area (Å²) in [6.45, 7) is 1.24. The number of hydrogen-bond acceptors (Lipinski definition) is 2. The molecule has 4 heteroatoms. The average Bonchev–Trinajstić information content (AvgIpc) is 2.65. The summed E-state index contributed by atoms with van der Waals surface area (Å²) in [5.41, 5.74) is 0. The van der Waals surface area contributed by atoms with Crippen molar-refractivity contribution in [2.75, 3.05) is 19.0 Å². The number of rotatable bonds is 4. The molecular formula is C9H14ClNO2. The third-order valence-corrected chi connectivity index (χ3v) is 2.05. The van der Waals surface area contributed by atoms with E-state index in [4.69, 9.17) is 16.3 Å². The topological polar surface area (TPSA) is 38.3 Å². The van der Waals surface area contributed by atoms with E-state index >= 15 is 0 Å². The first-order valence-corrected chi connectivity index (χ1v) is 4.98. The lowest BCUT2D eigenvalue weighted by atomic mass is 10.2. The molecule has 0 aromatic heterocycles. The van der Waals surface area contributed by atoms with Crippen LogP contribution in [0.4, 0.5) is 0 Å². The lowest BCUT2D eigenvalue weighted by Gasteiger charge is -2.07. The Bertz CT molecular complexity index is 188. The maximum absolute atomic E-state index is 11.3. The molecule has 1 aliphatic rings. The Morgan fingerprint density at radius 1 is 1.62 bits per heavy atom. The first-order valence-electron chi connectivity index (χ1n) is 4.45. The van der Waals surface area contributed by atoms with Gasteiger partial charge >= 0.3 is 0 Å². The van der Waals surface area contributed by atoms with Crippen molar-refractivity contribution >= 4 is 17.5 Å². The highest BCUT2D eigenvalue weighted by Crippen LogP contribution is 2.11. The van der Waals surface area contributed by atoms with Gasteiger partial charge in [0.05, 0.1) is 0 Å². The second-order valence-electron chi connectivity index (χ2n) is 2.87. The fourth-order valence-corrected chi connectivity index (χ4v) is 1.33. The van der Waals surface area contributed by atoms with Gasteiger partial charge in [-0.25, -0.2) is 0 Å². The van der Waals surface area contributed by atoms with Crippen molar-refractivity contribution in [1.29, 1.82) is 0 Å². The van der Waals surface area contributed by atoms with E-state index in [2.05, 4.69) is 5.32 Å². The molecule has 1 saturated heterocycles. The normalized spacial score (nSPS) is 22.4. The maximum Gasteiger partial charge on any atom is 0.249 e. The van der Waals surface area contributed by atoms with E-state index in [-0.39, 0.29) is 12.0 Å². The SMILES string of the molecule is O=C(NC/C=C/CCl)C1CCCO1. The molecule has 0 saturated carbocycles. The Morgan fingerprint density at radius 3 is 3.08 bits per heavy atom. The highest BCUT2D eigenvalue weighted by Gasteiger charge is 2.22. The van der Waals surface area contributed by atoms with Gasteiger partial charge in [0.1, 0.15) is 6.10 Å². The molecular weight excluding hydrogens is 190 g/mol. The summed E-state index contributed by atoms with van der Waals surface area (Å²) < 4.78 is 5.21. The predicted octanol–water partition coefficient (Wildman–Crippen LogP) is 1.08. The van der Waals surface area contributed by atoms with Crippen LogP contribution in [0.15, 0.2) is 12.2 Å². The molecule has 1 rings (SSSR count). The molecule has 1 N–H and O–H groups in total. The molecule has 74 valence electrons. The molecule has 0 aliphatic carbocycles. The number of hydrogen-bond donors (Lipinski definition) is 1. The van der Waals surface area contributed by atoms with Crippen molar-refractivity contribution in [3.05, 3.63) is 12.2 Å². The summed E-state index contributed by atoms with van der Waals surface area (Å²) in [5, 5.41) is 2.75. The van der Waals surface area contributed by atoms with E-state index in [1.54, 1.807) is 6.08 Å². The minimum absolute atomic E-state index is 0.0169. The monoisotopic (exact) mass is 203 g/mol. The molecule has 1 unspecified atom stereocenters. The van der Waals surface area contributed by atoms with Crippen molar-refractivity contribution in [3.8, 4) is 0 Å². The summed E-state index contributed by atoms with van der Waals surface area (Å²) in [6.07, 6.45) is 5.22. The van der Waals surface area contributed by atoms with Gasteiger partial charge in [-0.3, -0.25) is 4.79 Å². The summed E-state index contributed by atoms with van der Waals surface area (Å²) in [5.74, 6) is 0.465. The second kappa shape index (κ2) is 6.00. The Labute approximate surface area is 83.1 Å². The van der Waals surface area contributed by atoms with Gasteiger partial charge in [0, 0.05) is 19.0 Å². The Hall–Kier alpha value is -0.540. The van der Waals surface area contributed by atoms with Crippen LogP contribution in [0.2, 0.25) is 0 Å². The van der Waals surface area contributed by atoms with Crippen molar-refractivity contribution in [2.45, 2.75) is 18.9 Å². The Kier molecular flexibility index (Phi) is 4.86. The Balaban J connectivity index is 2.13. The summed E-state index contributed by atoms with van der Waals surface area (Å²) in [4.78, 5) is 11.3. The predicted molar refractivity (Wildman–Crippen MR) is 51.8 cm³/mol. The fraction of sp³-hybridized carbons (Fsp3) is 0.667.